The number of H-pyrrole nitrogens is 1. The Morgan fingerprint density at radius 2 is 1.27 bits per heavy atom. The first-order chi connectivity index (χ1) is 31.4. The molecule has 7 aromatic rings. The molecule has 3 aromatic carbocycles. The molecule has 1 aliphatic rings. The van der Waals surface area contributed by atoms with E-state index in [9.17, 15) is 35.8 Å². The number of aryl methyl sites for hydroxylation is 1. The van der Waals surface area contributed by atoms with Crippen LogP contribution in [0.2, 0.25) is 0 Å². The third-order valence-electron chi connectivity index (χ3n) is 8.65. The maximum Gasteiger partial charge on any atom is 1.00 e. The second kappa shape index (κ2) is 27.1. The van der Waals surface area contributed by atoms with Gasteiger partial charge < -0.3 is 29.3 Å². The second-order valence-electron chi connectivity index (χ2n) is 13.0. The monoisotopic (exact) mass is 892 g/mol. The van der Waals surface area contributed by atoms with E-state index in [-0.39, 0.29) is 70.9 Å². The average Bonchev–Trinajstić information content (AvgIpc) is 4.07. The number of hydrogen-bond donors (Lipinski definition) is 1. The van der Waals surface area contributed by atoms with Gasteiger partial charge in [0.1, 0.15) is 5.52 Å². The van der Waals surface area contributed by atoms with Gasteiger partial charge in [0.05, 0.1) is 59.1 Å². The first kappa shape index (κ1) is 52.1. The summed E-state index contributed by atoms with van der Waals surface area (Å²) in [6, 6.07) is 16.7. The minimum absolute atomic E-state index is 0. The number of nitrogens with one attached hydrogen (secondary N) is 1. The van der Waals surface area contributed by atoms with Crippen molar-refractivity contribution in [1.29, 1.82) is 5.26 Å². The molecule has 0 atom stereocenters. The zero-order chi connectivity index (χ0) is 47.1. The van der Waals surface area contributed by atoms with Crippen LogP contribution in [0, 0.1) is 48.6 Å². The average molecular weight is 893 g/mol. The van der Waals surface area contributed by atoms with Gasteiger partial charge in [0, 0.05) is 92.2 Å². The second-order valence-corrected chi connectivity index (χ2v) is 13.0. The third kappa shape index (κ3) is 15.8. The number of nitro benzene ring substituents is 3. The fraction of sp³-hybridized carbons (Fsp3) is 0.209. The molecule has 8 rings (SSSR count). The maximum atomic E-state index is 11.0. The zero-order valence-electron chi connectivity index (χ0n) is 36.4. The van der Waals surface area contributed by atoms with Gasteiger partial charge in [-0.05, 0) is 68.1 Å². The number of nitrogens with zero attached hydrogens (tertiary/aromatic N) is 11. The maximum absolute atomic E-state index is 11.0. The summed E-state index contributed by atoms with van der Waals surface area (Å²) in [7, 11) is 4.10. The quantitative estimate of drug-likeness (QED) is 0.0849. The normalized spacial score (nSPS) is 10.8. The van der Waals surface area contributed by atoms with E-state index < -0.39 is 14.8 Å². The van der Waals surface area contributed by atoms with Gasteiger partial charge in [0.25, 0.3) is 0 Å². The predicted molar refractivity (Wildman–Crippen MR) is 237 cm³/mol. The van der Waals surface area contributed by atoms with Gasteiger partial charge in [0.15, 0.2) is 22.9 Å². The molecule has 1 N–H and O–H groups in total. The van der Waals surface area contributed by atoms with Crippen LogP contribution < -0.4 is 33.1 Å². The third-order valence-corrected chi connectivity index (χ3v) is 8.65. The number of ether oxygens (including phenoxy) is 4. The van der Waals surface area contributed by atoms with Crippen LogP contribution in [0.5, 0.6) is 17.2 Å². The molecular weight excluding hydrogens is 851 g/mol. The van der Waals surface area contributed by atoms with Crippen molar-refractivity contribution >= 4 is 33.9 Å². The van der Waals surface area contributed by atoms with Crippen molar-refractivity contribution in [2.45, 2.75) is 26.2 Å². The van der Waals surface area contributed by atoms with Crippen molar-refractivity contribution in [1.82, 2.24) is 34.9 Å². The van der Waals surface area contributed by atoms with Crippen LogP contribution in [0.4, 0.5) is 17.1 Å². The van der Waals surface area contributed by atoms with Gasteiger partial charge in [-0.1, -0.05) is 6.07 Å². The van der Waals surface area contributed by atoms with E-state index in [1.54, 1.807) is 55.2 Å². The summed E-state index contributed by atoms with van der Waals surface area (Å²) in [6.07, 6.45) is 15.5. The van der Waals surface area contributed by atoms with Crippen LogP contribution in [0.3, 0.4) is 0 Å². The minimum atomic E-state index is -0.584. The van der Waals surface area contributed by atoms with Crippen LogP contribution >= 0.6 is 0 Å². The Hall–Kier alpha value is -8.24. The van der Waals surface area contributed by atoms with E-state index in [0.717, 1.165) is 24.6 Å². The number of nitriles is 1. The summed E-state index contributed by atoms with van der Waals surface area (Å²) in [5, 5.41) is 50.9. The molecule has 1 aliphatic heterocycles. The van der Waals surface area contributed by atoms with E-state index in [1.165, 1.54) is 89.2 Å². The molecule has 0 amide bonds. The Morgan fingerprint density at radius 1 is 0.727 bits per heavy atom. The Kier molecular flexibility index (Phi) is 21.4. The molecule has 4 aromatic heterocycles. The molecule has 1 fully saturated rings. The Bertz CT molecular complexity index is 2700. The standard InChI is InChI=1S/C13H10N4O3.C13H11N4O3.C8H6N2O3.C5H6N2.C4H8O.Li/c1-20-12-3-2-8(6-11(12)17(18)19)9-7-10-13(16-9)15-5-4-14-10;1-20-13-3-2-9(6-12(13)17(18)19)11(14)7-10-8-15-4-5-16-10;1-13-8-3-2-6(5-9)4-7(8)10(11)12;1-5-4-6-2-3-7-5;1-2-4-5-3-1;/h2-7H,1H3,(H,15,16);2-6,8H,7H2,1H3;2-4H,1H3;2-4H,1H3;1-4H2;/q;-1;;;;+1. The molecule has 5 heterocycles. The van der Waals surface area contributed by atoms with Gasteiger partial charge in [-0.15, -0.1) is 0 Å². The predicted octanol–water partition coefficient (Wildman–Crippen LogP) is 4.60. The number of rotatable bonds is 10. The Labute approximate surface area is 389 Å². The zero-order valence-corrected chi connectivity index (χ0v) is 36.4. The fourth-order valence-corrected chi connectivity index (χ4v) is 5.50. The smallest absolute Gasteiger partial charge is 0.807 e. The van der Waals surface area contributed by atoms with Gasteiger partial charge in [-0.3, -0.25) is 55.3 Å². The van der Waals surface area contributed by atoms with E-state index in [1.807, 2.05) is 13.0 Å². The first-order valence-corrected chi connectivity index (χ1v) is 19.2. The van der Waals surface area contributed by atoms with E-state index in [2.05, 4.69) is 34.9 Å². The molecule has 23 heteroatoms. The molecule has 0 spiro atoms. The molecule has 0 unspecified atom stereocenters. The number of benzene rings is 3. The van der Waals surface area contributed by atoms with Crippen LogP contribution in [-0.4, -0.2) is 89.9 Å². The SMILES string of the molecule is C1CCOC1.COc1ccc(-c2cc3nccnc3[nH]2)cc1[N+](=O)[O-].COc1ccc(C#N)cc1[N+](=O)[O-].COc1ccc(C(=[N-])Cc2cnccn2)cc1[N+](=O)[O-].Cc1cnccn1.[Li+]. The molecule has 0 radical (unpaired) electrons. The van der Waals surface area contributed by atoms with Crippen LogP contribution in [-0.2, 0) is 11.2 Å². The van der Waals surface area contributed by atoms with E-state index in [0.29, 0.717) is 28.0 Å². The van der Waals surface area contributed by atoms with Gasteiger partial charge >= 0.3 is 35.9 Å². The summed E-state index contributed by atoms with van der Waals surface area (Å²) in [5.41, 5.74) is 4.39. The van der Waals surface area contributed by atoms with Crippen LogP contribution in [0.15, 0.2) is 110 Å². The van der Waals surface area contributed by atoms with E-state index in [4.69, 9.17) is 24.2 Å². The number of aromatic nitrogens is 7. The summed E-state index contributed by atoms with van der Waals surface area (Å²) < 4.78 is 19.6. The molecular formula is C43H41LiN12O10. The van der Waals surface area contributed by atoms with Crippen molar-refractivity contribution in [3.8, 4) is 34.6 Å². The van der Waals surface area contributed by atoms with Gasteiger partial charge in [-0.25, -0.2) is 4.98 Å². The molecule has 1 saturated heterocycles. The van der Waals surface area contributed by atoms with Crippen molar-refractivity contribution in [3.63, 3.8) is 0 Å². The molecule has 22 nitrogen and oxygen atoms in total. The summed E-state index contributed by atoms with van der Waals surface area (Å²) in [5.74, 6) is 0.529. The molecule has 334 valence electrons. The van der Waals surface area contributed by atoms with Crippen LogP contribution in [0.25, 0.3) is 27.8 Å². The van der Waals surface area contributed by atoms with Crippen LogP contribution in [0.1, 0.15) is 35.4 Å². The minimum Gasteiger partial charge on any atom is -0.807 e. The van der Waals surface area contributed by atoms with E-state index >= 15 is 0 Å². The Balaban J connectivity index is 0.000000235. The molecule has 0 bridgehead atoms. The van der Waals surface area contributed by atoms with Crippen molar-refractivity contribution in [2.75, 3.05) is 34.5 Å². The number of fused-ring (bicyclic) bond motifs is 1. The summed E-state index contributed by atoms with van der Waals surface area (Å²) in [6.45, 7) is 3.91. The number of hydrogen-bond acceptors (Lipinski definition) is 17. The number of aromatic amines is 1. The summed E-state index contributed by atoms with van der Waals surface area (Å²) in [4.78, 5) is 57.9. The van der Waals surface area contributed by atoms with Gasteiger partial charge in [0.2, 0.25) is 0 Å². The Morgan fingerprint density at radius 3 is 1.76 bits per heavy atom. The van der Waals surface area contributed by atoms with Crippen molar-refractivity contribution < 1.29 is 52.6 Å². The summed E-state index contributed by atoms with van der Waals surface area (Å²) >= 11 is 0. The topological polar surface area (TPSA) is 306 Å². The van der Waals surface area contributed by atoms with Gasteiger partial charge in [-0.2, -0.15) is 11.0 Å². The number of nitro groups is 3. The van der Waals surface area contributed by atoms with Crippen molar-refractivity contribution in [3.05, 3.63) is 169 Å². The number of methoxy groups -OCH3 is 3. The molecule has 0 saturated carbocycles. The first-order valence-electron chi connectivity index (χ1n) is 19.2. The fourth-order valence-electron chi connectivity index (χ4n) is 5.50. The van der Waals surface area contributed by atoms with Crippen molar-refractivity contribution in [2.24, 2.45) is 0 Å². The molecule has 66 heavy (non-hydrogen) atoms. The molecule has 0 aliphatic carbocycles. The largest absolute Gasteiger partial charge is 1.00 e.